The van der Waals surface area contributed by atoms with E-state index in [0.717, 1.165) is 16.4 Å². The first kappa shape index (κ1) is 16.1. The Morgan fingerprint density at radius 3 is 2.79 bits per heavy atom. The molecule has 1 aliphatic heterocycles. The predicted octanol–water partition coefficient (Wildman–Crippen LogP) is 1.04. The first-order valence-electron chi connectivity index (χ1n) is 6.37. The van der Waals surface area contributed by atoms with Gasteiger partial charge in [-0.15, -0.1) is 5.10 Å². The highest BCUT2D eigenvalue weighted by molar-refractivity contribution is 7.85. The number of alkyl halides is 2. The minimum atomic E-state index is -3.09. The second kappa shape index (κ2) is 6.03. The monoisotopic (exact) mass is 362 g/mol. The third-order valence-corrected chi connectivity index (χ3v) is 4.20. The maximum Gasteiger partial charge on any atom is 0.388 e. The molecule has 3 N–H and O–H groups in total. The molecule has 0 radical (unpaired) electrons. The average molecular weight is 362 g/mol. The molecule has 12 heteroatoms. The first-order valence-corrected chi connectivity index (χ1v) is 7.48. The van der Waals surface area contributed by atoms with Crippen LogP contribution < -0.4 is 13.8 Å². The van der Waals surface area contributed by atoms with Gasteiger partial charge in [-0.25, -0.2) is 8.60 Å². The zero-order valence-corrected chi connectivity index (χ0v) is 12.4. The fourth-order valence-corrected chi connectivity index (χ4v) is 3.07. The molecule has 0 saturated carbocycles. The van der Waals surface area contributed by atoms with Gasteiger partial charge in [0.25, 0.3) is 5.91 Å². The van der Waals surface area contributed by atoms with E-state index >= 15 is 0 Å². The lowest BCUT2D eigenvalue weighted by molar-refractivity contribution is -0.117. The minimum Gasteiger partial charge on any atom is -0.506 e. The Morgan fingerprint density at radius 1 is 1.42 bits per heavy atom. The number of phenols is 1. The summed E-state index contributed by atoms with van der Waals surface area (Å²) in [6.45, 7) is -3.51. The summed E-state index contributed by atoms with van der Waals surface area (Å²) in [4.78, 5) is 11.3. The van der Waals surface area contributed by atoms with Crippen molar-refractivity contribution in [2.75, 3.05) is 10.8 Å². The lowest BCUT2D eigenvalue weighted by Crippen LogP contribution is -2.23. The lowest BCUT2D eigenvalue weighted by Gasteiger charge is -2.17. The smallest absolute Gasteiger partial charge is 0.388 e. The maximum absolute atomic E-state index is 14.7. The van der Waals surface area contributed by atoms with Gasteiger partial charge in [-0.1, -0.05) is 0 Å². The summed E-state index contributed by atoms with van der Waals surface area (Å²) in [5.74, 6) is -2.60. The summed E-state index contributed by atoms with van der Waals surface area (Å²) in [7, 11) is 0. The van der Waals surface area contributed by atoms with E-state index in [9.17, 15) is 27.3 Å². The quantitative estimate of drug-likeness (QED) is 0.753. The van der Waals surface area contributed by atoms with E-state index in [-0.39, 0.29) is 11.3 Å². The molecule has 2 heterocycles. The number of carbonyl (C=O) groups excluding carboxylic acids is 1. The van der Waals surface area contributed by atoms with Crippen molar-refractivity contribution in [2.45, 2.75) is 6.61 Å². The van der Waals surface area contributed by atoms with Crippen molar-refractivity contribution in [1.82, 2.24) is 14.9 Å². The number of benzene rings is 1. The van der Waals surface area contributed by atoms with Crippen molar-refractivity contribution in [1.29, 1.82) is 0 Å². The molecule has 0 spiro atoms. The second-order valence-corrected chi connectivity index (χ2v) is 5.75. The number of halogens is 3. The molecule has 3 rings (SSSR count). The highest BCUT2D eigenvalue weighted by Gasteiger charge is 2.32. The van der Waals surface area contributed by atoms with Crippen LogP contribution in [0.25, 0.3) is 11.3 Å². The Bertz CT molecular complexity index is 829. The van der Waals surface area contributed by atoms with E-state index in [1.165, 1.54) is 6.07 Å². The number of nitrogens with zero attached hydrogens (tertiary/aromatic N) is 2. The summed E-state index contributed by atoms with van der Waals surface area (Å²) in [5.41, 5.74) is -0.612. The molecule has 24 heavy (non-hydrogen) atoms. The SMILES string of the molecule is O=C1CN(c2c(O)ccc(-c3cc(OC(F)F)n[nH]3)c2F)S(=O)N1. The summed E-state index contributed by atoms with van der Waals surface area (Å²) in [5, 5.41) is 15.6. The number of anilines is 1. The Morgan fingerprint density at radius 2 is 2.17 bits per heavy atom. The molecule has 1 amide bonds. The summed E-state index contributed by atoms with van der Waals surface area (Å²) in [6.07, 6.45) is 0. The number of aromatic hydroxyl groups is 1. The van der Waals surface area contributed by atoms with E-state index in [0.29, 0.717) is 0 Å². The summed E-state index contributed by atoms with van der Waals surface area (Å²) >= 11 is -2.05. The largest absolute Gasteiger partial charge is 0.506 e. The van der Waals surface area contributed by atoms with Crippen molar-refractivity contribution >= 4 is 22.8 Å². The first-order chi connectivity index (χ1) is 11.4. The number of nitrogens with one attached hydrogen (secondary N) is 2. The normalized spacial score (nSPS) is 17.4. The van der Waals surface area contributed by atoms with Crippen LogP contribution in [0.5, 0.6) is 11.6 Å². The second-order valence-electron chi connectivity index (χ2n) is 4.60. The van der Waals surface area contributed by atoms with Crippen LogP contribution in [-0.2, 0) is 16.0 Å². The summed E-state index contributed by atoms with van der Waals surface area (Å²) < 4.78 is 57.8. The fourth-order valence-electron chi connectivity index (χ4n) is 2.13. The number of amides is 1. The summed E-state index contributed by atoms with van der Waals surface area (Å²) in [6, 6.07) is 3.32. The molecule has 8 nitrogen and oxygen atoms in total. The fraction of sp³-hybridized carbons (Fsp3) is 0.167. The Labute approximate surface area is 134 Å². The minimum absolute atomic E-state index is 0.00587. The molecule has 0 bridgehead atoms. The van der Waals surface area contributed by atoms with E-state index in [1.807, 2.05) is 0 Å². The molecule has 1 aromatic heterocycles. The molecule has 1 fully saturated rings. The highest BCUT2D eigenvalue weighted by atomic mass is 32.2. The molecule has 1 aliphatic rings. The van der Waals surface area contributed by atoms with Gasteiger partial charge >= 0.3 is 6.61 Å². The van der Waals surface area contributed by atoms with Gasteiger partial charge in [-0.2, -0.15) is 8.78 Å². The van der Waals surface area contributed by atoms with Crippen LogP contribution >= 0.6 is 0 Å². The number of H-pyrrole nitrogens is 1. The predicted molar refractivity (Wildman–Crippen MR) is 75.9 cm³/mol. The van der Waals surface area contributed by atoms with Crippen LogP contribution in [0.3, 0.4) is 0 Å². The van der Waals surface area contributed by atoms with Crippen LogP contribution in [0, 0.1) is 5.82 Å². The Hall–Kier alpha value is -2.76. The van der Waals surface area contributed by atoms with Gasteiger partial charge < -0.3 is 9.84 Å². The number of aromatic nitrogens is 2. The standard InChI is InChI=1S/C12H9F3N4O4S/c13-10-5(6-3-9(17-16-6)23-12(14)15)1-2-7(20)11(10)19-4-8(21)18-24(19)22/h1-3,12,20H,4H2,(H,16,17)(H,18,21). The van der Waals surface area contributed by atoms with Crippen LogP contribution in [-0.4, -0.2) is 38.6 Å². The third-order valence-electron chi connectivity index (χ3n) is 3.09. The number of hydrogen-bond donors (Lipinski definition) is 3. The molecule has 128 valence electrons. The van der Waals surface area contributed by atoms with Crippen molar-refractivity contribution in [2.24, 2.45) is 0 Å². The molecule has 1 unspecified atom stereocenters. The van der Waals surface area contributed by atoms with Crippen LogP contribution in [0.4, 0.5) is 18.9 Å². The number of carbonyl (C=O) groups is 1. The lowest BCUT2D eigenvalue weighted by atomic mass is 10.1. The van der Waals surface area contributed by atoms with Crippen LogP contribution in [0.2, 0.25) is 0 Å². The van der Waals surface area contributed by atoms with Crippen molar-refractivity contribution < 1.29 is 32.0 Å². The molecule has 2 aromatic rings. The van der Waals surface area contributed by atoms with Crippen LogP contribution in [0.1, 0.15) is 0 Å². The Balaban J connectivity index is 2.01. The number of rotatable bonds is 4. The van der Waals surface area contributed by atoms with E-state index < -0.39 is 53.4 Å². The number of hydrogen-bond acceptors (Lipinski definition) is 5. The number of ether oxygens (including phenoxy) is 1. The molecular formula is C12H9F3N4O4S. The van der Waals surface area contributed by atoms with E-state index in [4.69, 9.17) is 0 Å². The molecule has 1 atom stereocenters. The maximum atomic E-state index is 14.7. The molecule has 1 aromatic carbocycles. The van der Waals surface area contributed by atoms with Crippen molar-refractivity contribution in [3.63, 3.8) is 0 Å². The number of aromatic amines is 1. The van der Waals surface area contributed by atoms with Gasteiger partial charge in [0.15, 0.2) is 5.82 Å². The topological polar surface area (TPSA) is 108 Å². The highest BCUT2D eigenvalue weighted by Crippen LogP contribution is 2.38. The zero-order valence-electron chi connectivity index (χ0n) is 11.6. The van der Waals surface area contributed by atoms with Gasteiger partial charge in [0.1, 0.15) is 18.0 Å². The van der Waals surface area contributed by atoms with Gasteiger partial charge in [0.05, 0.1) is 5.69 Å². The van der Waals surface area contributed by atoms with E-state index in [2.05, 4.69) is 19.7 Å². The van der Waals surface area contributed by atoms with Gasteiger partial charge in [0.2, 0.25) is 17.1 Å². The van der Waals surface area contributed by atoms with E-state index in [1.54, 1.807) is 0 Å². The number of phenolic OH excluding ortho intramolecular Hbond substituents is 1. The third kappa shape index (κ3) is 2.87. The van der Waals surface area contributed by atoms with Crippen molar-refractivity contribution in [3.05, 3.63) is 24.0 Å². The average Bonchev–Trinajstić information content (AvgIpc) is 3.05. The van der Waals surface area contributed by atoms with Gasteiger partial charge in [-0.05, 0) is 12.1 Å². The van der Waals surface area contributed by atoms with Crippen molar-refractivity contribution in [3.8, 4) is 22.9 Å². The van der Waals surface area contributed by atoms with Gasteiger partial charge in [0, 0.05) is 11.6 Å². The van der Waals surface area contributed by atoms with Crippen LogP contribution in [0.15, 0.2) is 18.2 Å². The molecule has 1 saturated heterocycles. The Kier molecular flexibility index (Phi) is 4.05. The van der Waals surface area contributed by atoms with Gasteiger partial charge in [-0.3, -0.25) is 18.9 Å². The molecular weight excluding hydrogens is 353 g/mol. The zero-order chi connectivity index (χ0) is 17.4. The molecule has 0 aliphatic carbocycles.